The van der Waals surface area contributed by atoms with Crippen molar-refractivity contribution in [2.75, 3.05) is 18.0 Å². The van der Waals surface area contributed by atoms with Crippen molar-refractivity contribution in [1.82, 2.24) is 4.98 Å². The molecule has 2 aliphatic rings. The molecule has 4 rings (SSSR count). The summed E-state index contributed by atoms with van der Waals surface area (Å²) in [6, 6.07) is 7.36. The van der Waals surface area contributed by atoms with E-state index < -0.39 is 18.8 Å². The van der Waals surface area contributed by atoms with Crippen LogP contribution in [0.25, 0.3) is 0 Å². The number of rotatable bonds is 3. The van der Waals surface area contributed by atoms with Gasteiger partial charge in [-0.3, -0.25) is 4.99 Å². The van der Waals surface area contributed by atoms with E-state index >= 15 is 0 Å². The van der Waals surface area contributed by atoms with Crippen LogP contribution in [-0.4, -0.2) is 36.1 Å². The Kier molecular flexibility index (Phi) is 4.05. The third-order valence-electron chi connectivity index (χ3n) is 4.49. The van der Waals surface area contributed by atoms with Crippen LogP contribution in [0.2, 0.25) is 0 Å². The predicted octanol–water partition coefficient (Wildman–Crippen LogP) is 4.18. The number of benzene rings is 1. The van der Waals surface area contributed by atoms with Gasteiger partial charge in [-0.2, -0.15) is 0 Å². The fourth-order valence-corrected chi connectivity index (χ4v) is 3.28. The van der Waals surface area contributed by atoms with E-state index in [1.165, 1.54) is 29.3 Å². The minimum absolute atomic E-state index is 0.191. The van der Waals surface area contributed by atoms with Gasteiger partial charge in [0.05, 0.1) is 18.8 Å². The molecule has 0 radical (unpaired) electrons. The maximum Gasteiger partial charge on any atom is 0.573 e. The van der Waals surface area contributed by atoms with Crippen LogP contribution in [-0.2, 0) is 6.54 Å². The fraction of sp³-hybridized carbons (Fsp3) is 0.333. The van der Waals surface area contributed by atoms with Crippen molar-refractivity contribution in [3.05, 3.63) is 53.2 Å². The molecule has 142 valence electrons. The van der Waals surface area contributed by atoms with Gasteiger partial charge in [-0.1, -0.05) is 6.07 Å². The molecule has 1 fully saturated rings. The number of fused-ring (bicyclic) bond motifs is 1. The average molecular weight is 383 g/mol. The van der Waals surface area contributed by atoms with Gasteiger partial charge < -0.3 is 9.64 Å². The Balaban J connectivity index is 1.63. The molecule has 2 aromatic rings. The van der Waals surface area contributed by atoms with Gasteiger partial charge >= 0.3 is 6.36 Å². The van der Waals surface area contributed by atoms with Gasteiger partial charge in [0.15, 0.2) is 0 Å². The third-order valence-corrected chi connectivity index (χ3v) is 4.49. The molecule has 0 amide bonds. The second kappa shape index (κ2) is 6.17. The number of aliphatic imine (C=N–C) groups is 1. The number of hydrogen-bond donors (Lipinski definition) is 0. The van der Waals surface area contributed by atoms with Crippen LogP contribution in [0.4, 0.5) is 27.8 Å². The number of halogens is 5. The van der Waals surface area contributed by atoms with E-state index in [0.29, 0.717) is 29.2 Å². The summed E-state index contributed by atoms with van der Waals surface area (Å²) in [7, 11) is 0. The van der Waals surface area contributed by atoms with E-state index in [4.69, 9.17) is 0 Å². The second-order valence-electron chi connectivity index (χ2n) is 6.46. The SMILES string of the molecule is FC1(F)CCN(c2cc(C3=NCc4ccc(OC(F)(F)F)cc43)ccn2)C1. The second-order valence-corrected chi connectivity index (χ2v) is 6.46. The number of anilines is 1. The van der Waals surface area contributed by atoms with Crippen LogP contribution in [0.5, 0.6) is 5.75 Å². The summed E-state index contributed by atoms with van der Waals surface area (Å²) in [4.78, 5) is 10.0. The monoisotopic (exact) mass is 383 g/mol. The van der Waals surface area contributed by atoms with Gasteiger partial charge in [0.2, 0.25) is 0 Å². The summed E-state index contributed by atoms with van der Waals surface area (Å²) in [5, 5.41) is 0. The van der Waals surface area contributed by atoms with E-state index in [-0.39, 0.29) is 18.7 Å². The highest BCUT2D eigenvalue weighted by molar-refractivity contribution is 6.15. The summed E-state index contributed by atoms with van der Waals surface area (Å²) in [6.07, 6.45) is -3.53. The quantitative estimate of drug-likeness (QED) is 0.747. The van der Waals surface area contributed by atoms with Gasteiger partial charge in [-0.25, -0.2) is 13.8 Å². The van der Waals surface area contributed by atoms with Crippen molar-refractivity contribution in [3.8, 4) is 5.75 Å². The van der Waals surface area contributed by atoms with Gasteiger partial charge in [0.25, 0.3) is 5.92 Å². The summed E-state index contributed by atoms with van der Waals surface area (Å²) < 4.78 is 68.3. The molecule has 0 aliphatic carbocycles. The topological polar surface area (TPSA) is 37.7 Å². The molecule has 9 heteroatoms. The normalized spacial score (nSPS) is 18.4. The number of ether oxygens (including phenoxy) is 1. The summed E-state index contributed by atoms with van der Waals surface area (Å²) in [5.74, 6) is -2.69. The van der Waals surface area contributed by atoms with E-state index in [2.05, 4.69) is 14.7 Å². The Hall–Kier alpha value is -2.71. The zero-order valence-electron chi connectivity index (χ0n) is 13.9. The molecule has 4 nitrogen and oxygen atoms in total. The van der Waals surface area contributed by atoms with Crippen LogP contribution >= 0.6 is 0 Å². The summed E-state index contributed by atoms with van der Waals surface area (Å²) in [6.45, 7) is 0.114. The Bertz CT molecular complexity index is 910. The molecule has 27 heavy (non-hydrogen) atoms. The lowest BCUT2D eigenvalue weighted by atomic mass is 10.0. The number of nitrogens with zero attached hydrogens (tertiary/aromatic N) is 3. The molecule has 1 aromatic carbocycles. The highest BCUT2D eigenvalue weighted by Gasteiger charge is 2.39. The zero-order valence-corrected chi connectivity index (χ0v) is 13.9. The molecular formula is C18H14F5N3O. The molecule has 0 saturated carbocycles. The van der Waals surface area contributed by atoms with E-state index in [9.17, 15) is 22.0 Å². The van der Waals surface area contributed by atoms with Crippen molar-refractivity contribution in [2.45, 2.75) is 25.3 Å². The smallest absolute Gasteiger partial charge is 0.406 e. The average Bonchev–Trinajstić information content (AvgIpc) is 3.16. The lowest BCUT2D eigenvalue weighted by Crippen LogP contribution is -2.25. The van der Waals surface area contributed by atoms with Crippen molar-refractivity contribution in [2.24, 2.45) is 4.99 Å². The highest BCUT2D eigenvalue weighted by Crippen LogP contribution is 2.33. The third kappa shape index (κ3) is 3.72. The van der Waals surface area contributed by atoms with Crippen LogP contribution in [0.3, 0.4) is 0 Å². The number of alkyl halides is 5. The first-order valence-electron chi connectivity index (χ1n) is 8.23. The summed E-state index contributed by atoms with van der Waals surface area (Å²) >= 11 is 0. The molecule has 0 N–H and O–H groups in total. The predicted molar refractivity (Wildman–Crippen MR) is 88.5 cm³/mol. The number of pyridine rings is 1. The molecular weight excluding hydrogens is 369 g/mol. The fourth-order valence-electron chi connectivity index (χ4n) is 3.28. The highest BCUT2D eigenvalue weighted by atomic mass is 19.4. The Morgan fingerprint density at radius 2 is 1.93 bits per heavy atom. The van der Waals surface area contributed by atoms with Crippen LogP contribution in [0.15, 0.2) is 41.5 Å². The Morgan fingerprint density at radius 1 is 1.11 bits per heavy atom. The number of aromatic nitrogens is 1. The van der Waals surface area contributed by atoms with Crippen molar-refractivity contribution in [1.29, 1.82) is 0 Å². The first-order chi connectivity index (χ1) is 12.7. The molecule has 3 heterocycles. The maximum absolute atomic E-state index is 13.5. The van der Waals surface area contributed by atoms with Crippen LogP contribution in [0, 0.1) is 0 Å². The Labute approximate surface area is 151 Å². The Morgan fingerprint density at radius 3 is 2.63 bits per heavy atom. The molecule has 1 saturated heterocycles. The molecule has 0 unspecified atom stereocenters. The lowest BCUT2D eigenvalue weighted by Gasteiger charge is -2.18. The van der Waals surface area contributed by atoms with Gasteiger partial charge in [0.1, 0.15) is 11.6 Å². The first-order valence-corrected chi connectivity index (χ1v) is 8.23. The van der Waals surface area contributed by atoms with Gasteiger partial charge in [0, 0.05) is 30.3 Å². The van der Waals surface area contributed by atoms with Crippen molar-refractivity contribution >= 4 is 11.5 Å². The molecule has 0 spiro atoms. The maximum atomic E-state index is 13.5. The lowest BCUT2D eigenvalue weighted by molar-refractivity contribution is -0.274. The molecule has 1 aromatic heterocycles. The zero-order chi connectivity index (χ0) is 19.2. The largest absolute Gasteiger partial charge is 0.573 e. The van der Waals surface area contributed by atoms with E-state index in [0.717, 1.165) is 5.56 Å². The first kappa shape index (κ1) is 17.7. The molecule has 2 aliphatic heterocycles. The van der Waals surface area contributed by atoms with Crippen LogP contribution < -0.4 is 9.64 Å². The van der Waals surface area contributed by atoms with Gasteiger partial charge in [-0.05, 0) is 29.8 Å². The van der Waals surface area contributed by atoms with Gasteiger partial charge in [-0.15, -0.1) is 13.2 Å². The van der Waals surface area contributed by atoms with E-state index in [1.807, 2.05) is 0 Å². The standard InChI is InChI=1S/C18H14F5N3O/c19-17(20)4-6-26(10-17)15-7-11(3-5-24-15)16-14-8-13(27-18(21,22)23)2-1-12(14)9-25-16/h1-3,5,7-8H,4,6,9-10H2. The van der Waals surface area contributed by atoms with Crippen LogP contribution in [0.1, 0.15) is 23.1 Å². The van der Waals surface area contributed by atoms with Crippen molar-refractivity contribution < 1.29 is 26.7 Å². The molecule has 0 atom stereocenters. The minimum Gasteiger partial charge on any atom is -0.406 e. The number of hydrogen-bond acceptors (Lipinski definition) is 4. The van der Waals surface area contributed by atoms with E-state index in [1.54, 1.807) is 12.1 Å². The molecule has 0 bridgehead atoms. The van der Waals surface area contributed by atoms with Crippen molar-refractivity contribution in [3.63, 3.8) is 0 Å². The summed E-state index contributed by atoms with van der Waals surface area (Å²) in [5.41, 5.74) is 2.40. The minimum atomic E-state index is -4.78.